The van der Waals surface area contributed by atoms with Crippen molar-refractivity contribution < 1.29 is 4.21 Å². The number of nitriles is 1. The Morgan fingerprint density at radius 1 is 1.24 bits per heavy atom. The van der Waals surface area contributed by atoms with Gasteiger partial charge in [-0.15, -0.1) is 0 Å². The minimum Gasteiger partial charge on any atom is -0.324 e. The molecule has 4 rings (SSSR count). The van der Waals surface area contributed by atoms with Crippen molar-refractivity contribution in [2.45, 2.75) is 43.0 Å². The van der Waals surface area contributed by atoms with Crippen molar-refractivity contribution in [3.8, 4) is 6.07 Å². The minimum atomic E-state index is -1.59. The fraction of sp³-hybridized carbons (Fsp3) is 0.300. The summed E-state index contributed by atoms with van der Waals surface area (Å²) in [6.45, 7) is 0. The normalized spacial score (nSPS) is 15.7. The molecule has 1 aromatic carbocycles. The highest BCUT2D eigenvalue weighted by Crippen LogP contribution is 2.29. The van der Waals surface area contributed by atoms with Crippen LogP contribution in [-0.2, 0) is 11.0 Å². The van der Waals surface area contributed by atoms with E-state index in [1.165, 1.54) is 0 Å². The highest BCUT2D eigenvalue weighted by Gasteiger charge is 2.21. The molecule has 0 saturated heterocycles. The molecule has 1 fully saturated rings. The molecule has 0 spiro atoms. The van der Waals surface area contributed by atoms with E-state index < -0.39 is 11.0 Å². The van der Waals surface area contributed by atoms with Crippen LogP contribution in [0, 0.1) is 11.3 Å². The molecule has 29 heavy (non-hydrogen) atoms. The topological polar surface area (TPSA) is 127 Å². The molecule has 3 aromatic rings. The summed E-state index contributed by atoms with van der Waals surface area (Å²) in [6.07, 6.45) is 6.64. The second-order valence-corrected chi connectivity index (χ2v) is 8.13. The number of nitrogens with zero attached hydrogens (tertiary/aromatic N) is 4. The molecule has 1 unspecified atom stereocenters. The van der Waals surface area contributed by atoms with E-state index in [4.69, 9.17) is 5.14 Å². The largest absolute Gasteiger partial charge is 0.324 e. The van der Waals surface area contributed by atoms with E-state index in [1.54, 1.807) is 41.1 Å². The summed E-state index contributed by atoms with van der Waals surface area (Å²) in [5.74, 6) is 0.311. The molecule has 1 saturated carbocycles. The van der Waals surface area contributed by atoms with Crippen LogP contribution in [0.1, 0.15) is 43.7 Å². The first-order valence-corrected chi connectivity index (χ1v) is 10.6. The molecule has 2 heterocycles. The van der Waals surface area contributed by atoms with Crippen LogP contribution in [-0.4, -0.2) is 18.7 Å². The van der Waals surface area contributed by atoms with E-state index in [0.717, 1.165) is 32.1 Å². The molecule has 1 atom stereocenters. The number of nitrogens with one attached hydrogen (secondary N) is 1. The van der Waals surface area contributed by atoms with Gasteiger partial charge in [-0.05, 0) is 37.1 Å². The predicted molar refractivity (Wildman–Crippen MR) is 111 cm³/mol. The van der Waals surface area contributed by atoms with Crippen LogP contribution < -0.4 is 16.0 Å². The van der Waals surface area contributed by atoms with Gasteiger partial charge in [0.05, 0.1) is 4.90 Å². The number of hydrogen-bond donors (Lipinski definition) is 2. The monoisotopic (exact) mass is 408 g/mol. The second kappa shape index (κ2) is 8.11. The van der Waals surface area contributed by atoms with Crippen molar-refractivity contribution in [2.24, 2.45) is 5.14 Å². The number of rotatable bonds is 4. The van der Waals surface area contributed by atoms with Crippen LogP contribution in [0.4, 0.5) is 11.6 Å². The van der Waals surface area contributed by atoms with E-state index in [2.05, 4.69) is 15.3 Å². The first kappa shape index (κ1) is 19.2. The maximum absolute atomic E-state index is 12.9. The quantitative estimate of drug-likeness (QED) is 0.683. The Morgan fingerprint density at radius 3 is 2.76 bits per heavy atom. The highest BCUT2D eigenvalue weighted by molar-refractivity contribution is 7.82. The third kappa shape index (κ3) is 3.90. The molecule has 148 valence electrons. The van der Waals surface area contributed by atoms with E-state index in [9.17, 15) is 14.3 Å². The molecule has 2 aromatic heterocycles. The van der Waals surface area contributed by atoms with Gasteiger partial charge >= 0.3 is 0 Å². The first-order valence-electron chi connectivity index (χ1n) is 9.42. The molecule has 8 nitrogen and oxygen atoms in total. The van der Waals surface area contributed by atoms with Crippen molar-refractivity contribution >= 4 is 33.7 Å². The van der Waals surface area contributed by atoms with Crippen LogP contribution >= 0.6 is 0 Å². The fourth-order valence-corrected chi connectivity index (χ4v) is 4.22. The number of hydrogen-bond acceptors (Lipinski definition) is 6. The zero-order valence-electron chi connectivity index (χ0n) is 15.7. The van der Waals surface area contributed by atoms with Gasteiger partial charge in [0.2, 0.25) is 5.95 Å². The van der Waals surface area contributed by atoms with Crippen molar-refractivity contribution in [1.82, 2.24) is 14.5 Å². The maximum Gasteiger partial charge on any atom is 0.270 e. The molecule has 9 heteroatoms. The summed E-state index contributed by atoms with van der Waals surface area (Å²) in [4.78, 5) is 22.3. The van der Waals surface area contributed by atoms with E-state index >= 15 is 0 Å². The molecule has 1 aliphatic carbocycles. The zero-order valence-corrected chi connectivity index (χ0v) is 16.5. The molecule has 3 N–H and O–H groups in total. The standard InChI is InChI=1S/C20H20N6O2S/c21-11-13-9-14-12-23-20(24-15-5-4-8-17(10-15)29(22)28)25-18(14)26(19(13)27)16-6-2-1-3-7-16/h4-5,8-10,12,16H,1-3,6-7,22H2,(H,23,24,25). The number of nitrogens with two attached hydrogens (primary N) is 1. The fourth-order valence-electron chi connectivity index (χ4n) is 3.77. The lowest BCUT2D eigenvalue weighted by Gasteiger charge is -2.25. The average Bonchev–Trinajstić information content (AvgIpc) is 2.74. The Bertz CT molecular complexity index is 1190. The molecular weight excluding hydrogens is 388 g/mol. The van der Waals surface area contributed by atoms with Gasteiger partial charge in [0.15, 0.2) is 0 Å². The summed E-state index contributed by atoms with van der Waals surface area (Å²) in [7, 11) is -1.59. The van der Waals surface area contributed by atoms with Gasteiger partial charge in [-0.3, -0.25) is 9.36 Å². The first-order chi connectivity index (χ1) is 14.1. The Labute approximate surface area is 170 Å². The second-order valence-electron chi connectivity index (χ2n) is 7.06. The molecule has 1 aliphatic rings. The molecular formula is C20H20N6O2S. The highest BCUT2D eigenvalue weighted by atomic mass is 32.2. The van der Waals surface area contributed by atoms with Gasteiger partial charge in [-0.25, -0.2) is 14.3 Å². The lowest BCUT2D eigenvalue weighted by Crippen LogP contribution is -2.29. The van der Waals surface area contributed by atoms with E-state index in [0.29, 0.717) is 27.6 Å². The maximum atomic E-state index is 12.9. The van der Waals surface area contributed by atoms with Gasteiger partial charge in [0.1, 0.15) is 28.3 Å². The van der Waals surface area contributed by atoms with Crippen LogP contribution in [0.5, 0.6) is 0 Å². The Balaban J connectivity index is 1.80. The Kier molecular flexibility index (Phi) is 5.38. The van der Waals surface area contributed by atoms with E-state index in [1.807, 2.05) is 6.07 Å². The summed E-state index contributed by atoms with van der Waals surface area (Å²) >= 11 is 0. The lowest BCUT2D eigenvalue weighted by atomic mass is 9.95. The molecule has 0 bridgehead atoms. The molecule has 0 aliphatic heterocycles. The van der Waals surface area contributed by atoms with Gasteiger partial charge < -0.3 is 5.32 Å². The number of aromatic nitrogens is 3. The van der Waals surface area contributed by atoms with Crippen molar-refractivity contribution in [3.63, 3.8) is 0 Å². The van der Waals surface area contributed by atoms with Gasteiger partial charge in [0, 0.05) is 23.3 Å². The smallest absolute Gasteiger partial charge is 0.270 e. The summed E-state index contributed by atoms with van der Waals surface area (Å²) in [5, 5.41) is 18.5. The Hall–Kier alpha value is -3.09. The van der Waals surface area contributed by atoms with Crippen molar-refractivity contribution in [3.05, 3.63) is 52.4 Å². The van der Waals surface area contributed by atoms with Crippen LogP contribution in [0.2, 0.25) is 0 Å². The molecule has 0 amide bonds. The summed E-state index contributed by atoms with van der Waals surface area (Å²) in [6, 6.07) is 10.4. The SMILES string of the molecule is N#Cc1cc2cnc(Nc3cccc(S(N)=O)c3)nc2n(C2CCCCC2)c1=O. The summed E-state index contributed by atoms with van der Waals surface area (Å²) in [5.41, 5.74) is 0.945. The number of benzene rings is 1. The number of anilines is 2. The van der Waals surface area contributed by atoms with Gasteiger partial charge in [-0.2, -0.15) is 10.2 Å². The Morgan fingerprint density at radius 2 is 2.03 bits per heavy atom. The van der Waals surface area contributed by atoms with Crippen LogP contribution in [0.25, 0.3) is 11.0 Å². The third-order valence-electron chi connectivity index (χ3n) is 5.16. The van der Waals surface area contributed by atoms with Crippen LogP contribution in [0.3, 0.4) is 0 Å². The average molecular weight is 408 g/mol. The van der Waals surface area contributed by atoms with Crippen molar-refractivity contribution in [2.75, 3.05) is 5.32 Å². The number of fused-ring (bicyclic) bond motifs is 1. The third-order valence-corrected chi connectivity index (χ3v) is 5.87. The van der Waals surface area contributed by atoms with Gasteiger partial charge in [-0.1, -0.05) is 25.3 Å². The lowest BCUT2D eigenvalue weighted by molar-refractivity contribution is 0.352. The minimum absolute atomic E-state index is 0.0257. The van der Waals surface area contributed by atoms with Crippen molar-refractivity contribution in [1.29, 1.82) is 5.26 Å². The van der Waals surface area contributed by atoms with Gasteiger partial charge in [0.25, 0.3) is 5.56 Å². The summed E-state index contributed by atoms with van der Waals surface area (Å²) < 4.78 is 13.2. The number of pyridine rings is 1. The van der Waals surface area contributed by atoms with E-state index in [-0.39, 0.29) is 17.2 Å². The predicted octanol–water partition coefficient (Wildman–Crippen LogP) is 2.89. The zero-order chi connectivity index (χ0) is 20.4. The molecule has 0 radical (unpaired) electrons. The van der Waals surface area contributed by atoms with Crippen LogP contribution in [0.15, 0.2) is 46.2 Å².